The van der Waals surface area contributed by atoms with Gasteiger partial charge >= 0.3 is 0 Å². The van der Waals surface area contributed by atoms with Gasteiger partial charge in [-0.1, -0.05) is 61.0 Å². The Hall–Kier alpha value is -2.82. The Morgan fingerprint density at radius 1 is 0.853 bits per heavy atom. The number of piperidine rings is 1. The van der Waals surface area contributed by atoms with Crippen molar-refractivity contribution in [2.75, 3.05) is 26.2 Å². The second-order valence-corrected chi connectivity index (χ2v) is 10.4. The van der Waals surface area contributed by atoms with Crippen molar-refractivity contribution in [1.82, 2.24) is 4.90 Å². The van der Waals surface area contributed by atoms with Crippen LogP contribution in [0.15, 0.2) is 83.8 Å². The van der Waals surface area contributed by atoms with Crippen LogP contribution < -0.4 is 4.74 Å². The van der Waals surface area contributed by atoms with Gasteiger partial charge in [0.25, 0.3) is 0 Å². The molecule has 4 heteroatoms. The Bertz CT molecular complexity index is 1310. The zero-order valence-corrected chi connectivity index (χ0v) is 20.0. The van der Waals surface area contributed by atoms with Gasteiger partial charge in [-0.15, -0.1) is 11.8 Å². The summed E-state index contributed by atoms with van der Waals surface area (Å²) in [5, 5.41) is 2.59. The lowest BCUT2D eigenvalue weighted by Gasteiger charge is -2.29. The van der Waals surface area contributed by atoms with Gasteiger partial charge in [0.05, 0.1) is 5.25 Å². The summed E-state index contributed by atoms with van der Waals surface area (Å²) < 4.78 is 20.2. The van der Waals surface area contributed by atoms with Gasteiger partial charge in [-0.05, 0) is 83.2 Å². The zero-order chi connectivity index (χ0) is 22.9. The number of halogens is 1. The largest absolute Gasteiger partial charge is 0.492 e. The van der Waals surface area contributed by atoms with Gasteiger partial charge in [-0.3, -0.25) is 4.90 Å². The molecule has 0 spiro atoms. The molecule has 34 heavy (non-hydrogen) atoms. The molecule has 1 fully saturated rings. The van der Waals surface area contributed by atoms with Crippen molar-refractivity contribution in [3.63, 3.8) is 0 Å². The Balaban J connectivity index is 1.30. The summed E-state index contributed by atoms with van der Waals surface area (Å²) in [7, 11) is 0. The third-order valence-corrected chi connectivity index (χ3v) is 8.35. The molecule has 6 rings (SSSR count). The second kappa shape index (κ2) is 9.44. The van der Waals surface area contributed by atoms with Crippen molar-refractivity contribution < 1.29 is 9.13 Å². The average Bonchev–Trinajstić information content (AvgIpc) is 2.89. The number of nitrogens with zero attached hydrogens (tertiary/aromatic N) is 1. The van der Waals surface area contributed by atoms with Crippen LogP contribution >= 0.6 is 11.8 Å². The predicted molar refractivity (Wildman–Crippen MR) is 139 cm³/mol. The number of benzene rings is 4. The van der Waals surface area contributed by atoms with Crippen molar-refractivity contribution in [3.8, 4) is 16.9 Å². The number of ether oxygens (including phenoxy) is 1. The number of rotatable bonds is 5. The normalized spacial score (nSPS) is 17.9. The molecule has 0 radical (unpaired) electrons. The third kappa shape index (κ3) is 4.21. The van der Waals surface area contributed by atoms with Gasteiger partial charge in [-0.2, -0.15) is 0 Å². The molecule has 2 heterocycles. The fourth-order valence-corrected chi connectivity index (χ4v) is 6.67. The van der Waals surface area contributed by atoms with E-state index in [-0.39, 0.29) is 11.1 Å². The highest BCUT2D eigenvalue weighted by atomic mass is 32.2. The van der Waals surface area contributed by atoms with E-state index < -0.39 is 0 Å². The van der Waals surface area contributed by atoms with Crippen molar-refractivity contribution in [2.24, 2.45) is 0 Å². The van der Waals surface area contributed by atoms with Crippen LogP contribution in [0.5, 0.6) is 5.75 Å². The Morgan fingerprint density at radius 2 is 1.65 bits per heavy atom. The molecule has 4 aromatic rings. The molecular formula is C30H28FNOS. The highest BCUT2D eigenvalue weighted by Crippen LogP contribution is 2.54. The smallest absolute Gasteiger partial charge is 0.124 e. The molecule has 0 aromatic heterocycles. The van der Waals surface area contributed by atoms with Crippen molar-refractivity contribution in [2.45, 2.75) is 29.4 Å². The molecule has 172 valence electrons. The molecule has 2 nitrogen and oxygen atoms in total. The Labute approximate surface area is 204 Å². The predicted octanol–water partition coefficient (Wildman–Crippen LogP) is 7.71. The maximum Gasteiger partial charge on any atom is 0.124 e. The van der Waals surface area contributed by atoms with Crippen LogP contribution in [0.25, 0.3) is 21.9 Å². The van der Waals surface area contributed by atoms with Crippen LogP contribution in [0.4, 0.5) is 4.39 Å². The lowest BCUT2D eigenvalue weighted by Crippen LogP contribution is -2.33. The van der Waals surface area contributed by atoms with Gasteiger partial charge in [0.15, 0.2) is 0 Å². The van der Waals surface area contributed by atoms with E-state index in [1.807, 2.05) is 6.07 Å². The molecule has 1 atom stereocenters. The summed E-state index contributed by atoms with van der Waals surface area (Å²) in [4.78, 5) is 3.49. The number of likely N-dealkylation sites (tertiary alicyclic amines) is 1. The number of hydrogen-bond acceptors (Lipinski definition) is 3. The lowest BCUT2D eigenvalue weighted by atomic mass is 9.89. The molecule has 0 bridgehead atoms. The topological polar surface area (TPSA) is 12.5 Å². The molecule has 0 saturated carbocycles. The molecule has 1 unspecified atom stereocenters. The summed E-state index contributed by atoms with van der Waals surface area (Å²) in [6, 6.07) is 26.6. The van der Waals surface area contributed by atoms with E-state index in [2.05, 4.69) is 65.6 Å². The van der Waals surface area contributed by atoms with Crippen LogP contribution in [0.2, 0.25) is 0 Å². The Morgan fingerprint density at radius 3 is 2.50 bits per heavy atom. The number of fused-ring (bicyclic) bond motifs is 5. The minimum Gasteiger partial charge on any atom is -0.492 e. The first-order valence-corrected chi connectivity index (χ1v) is 13.1. The zero-order valence-electron chi connectivity index (χ0n) is 19.2. The summed E-state index contributed by atoms with van der Waals surface area (Å²) in [6.07, 6.45) is 3.96. The standard InChI is InChI=1S/C30H28FNOS/c31-23-11-15-26-27-14-10-21-6-2-3-7-25(21)29(27)30(34-28(26)20-23)22-8-12-24(13-9-22)33-19-18-32-16-4-1-5-17-32/h2-3,6-15,20,30H,1,4-5,16-19H2. The van der Waals surface area contributed by atoms with Crippen LogP contribution in [0.1, 0.15) is 35.6 Å². The molecule has 0 amide bonds. The van der Waals surface area contributed by atoms with Gasteiger partial charge in [0.1, 0.15) is 18.2 Å². The summed E-state index contributed by atoms with van der Waals surface area (Å²) in [6.45, 7) is 4.09. The van der Waals surface area contributed by atoms with Crippen molar-refractivity contribution >= 4 is 22.5 Å². The monoisotopic (exact) mass is 469 g/mol. The van der Waals surface area contributed by atoms with Gasteiger partial charge < -0.3 is 4.74 Å². The van der Waals surface area contributed by atoms with Crippen molar-refractivity contribution in [1.29, 1.82) is 0 Å². The number of thioether (sulfide) groups is 1. The van der Waals surface area contributed by atoms with E-state index in [4.69, 9.17) is 4.74 Å². The average molecular weight is 470 g/mol. The highest BCUT2D eigenvalue weighted by molar-refractivity contribution is 8.00. The lowest BCUT2D eigenvalue weighted by molar-refractivity contribution is 0.183. The van der Waals surface area contributed by atoms with Crippen molar-refractivity contribution in [3.05, 3.63) is 95.8 Å². The number of hydrogen-bond donors (Lipinski definition) is 0. The van der Waals surface area contributed by atoms with E-state index in [1.54, 1.807) is 23.9 Å². The first-order valence-electron chi connectivity index (χ1n) is 12.2. The molecule has 0 aliphatic carbocycles. The van der Waals surface area contributed by atoms with Crippen LogP contribution in [-0.4, -0.2) is 31.1 Å². The summed E-state index contributed by atoms with van der Waals surface area (Å²) >= 11 is 1.74. The molecular weight excluding hydrogens is 441 g/mol. The second-order valence-electron chi connectivity index (χ2n) is 9.21. The fraction of sp³-hybridized carbons (Fsp3) is 0.267. The quantitative estimate of drug-likeness (QED) is 0.297. The van der Waals surface area contributed by atoms with E-state index >= 15 is 0 Å². The maximum atomic E-state index is 14.1. The van der Waals surface area contributed by atoms with Crippen LogP contribution in [0.3, 0.4) is 0 Å². The third-order valence-electron chi connectivity index (χ3n) is 7.02. The minimum atomic E-state index is -0.188. The molecule has 1 saturated heterocycles. The molecule has 0 N–H and O–H groups in total. The van der Waals surface area contributed by atoms with E-state index in [0.29, 0.717) is 0 Å². The van der Waals surface area contributed by atoms with E-state index in [9.17, 15) is 4.39 Å². The first-order chi connectivity index (χ1) is 16.8. The van der Waals surface area contributed by atoms with E-state index in [1.165, 1.54) is 59.8 Å². The summed E-state index contributed by atoms with van der Waals surface area (Å²) in [5.41, 5.74) is 4.82. The van der Waals surface area contributed by atoms with E-state index in [0.717, 1.165) is 29.4 Å². The molecule has 2 aliphatic rings. The molecule has 4 aromatic carbocycles. The molecule has 2 aliphatic heterocycles. The van der Waals surface area contributed by atoms with Gasteiger partial charge in [0, 0.05) is 11.4 Å². The first kappa shape index (κ1) is 21.7. The highest BCUT2D eigenvalue weighted by Gasteiger charge is 2.29. The van der Waals surface area contributed by atoms with Gasteiger partial charge in [0.2, 0.25) is 0 Å². The maximum absolute atomic E-state index is 14.1. The fourth-order valence-electron chi connectivity index (χ4n) is 5.26. The SMILES string of the molecule is Fc1ccc2c(c1)SC(c1ccc(OCCN3CCCCC3)cc1)c1c-2ccc2ccccc12. The Kier molecular flexibility index (Phi) is 6.02. The van der Waals surface area contributed by atoms with Gasteiger partial charge in [-0.25, -0.2) is 4.39 Å². The summed E-state index contributed by atoms with van der Waals surface area (Å²) in [5.74, 6) is 0.720. The van der Waals surface area contributed by atoms with Crippen LogP contribution in [0, 0.1) is 5.82 Å². The van der Waals surface area contributed by atoms with Crippen LogP contribution in [-0.2, 0) is 0 Å². The minimum absolute atomic E-state index is 0.0952.